The molecular formula is C65H97N5O37. The highest BCUT2D eigenvalue weighted by atomic mass is 16.8. The van der Waals surface area contributed by atoms with Crippen LogP contribution in [-0.2, 0) is 85.9 Å². The van der Waals surface area contributed by atoms with Gasteiger partial charge in [0.1, 0.15) is 170 Å². The summed E-state index contributed by atoms with van der Waals surface area (Å²) >= 11 is 0. The first-order valence-corrected chi connectivity index (χ1v) is 34.9. The highest BCUT2D eigenvalue weighted by Crippen LogP contribution is 2.38. The number of ether oxygens (including phenoxy) is 15. The van der Waals surface area contributed by atoms with E-state index in [1.54, 1.807) is 42.7 Å². The highest BCUT2D eigenvalue weighted by molar-refractivity contribution is 5.48. The molecule has 12 unspecified atom stereocenters. The van der Waals surface area contributed by atoms with E-state index in [1.165, 1.54) is 6.07 Å². The van der Waals surface area contributed by atoms with E-state index in [9.17, 15) is 112 Å². The molecule has 604 valence electrons. The van der Waals surface area contributed by atoms with Crippen LogP contribution in [0.4, 0.5) is 0 Å². The second-order valence-corrected chi connectivity index (χ2v) is 26.3. The number of nitrogens with one attached hydrogen (secondary N) is 1. The lowest BCUT2D eigenvalue weighted by Crippen LogP contribution is -2.68. The first-order chi connectivity index (χ1) is 51.4. The molecule has 6 aliphatic rings. The fourth-order valence-electron chi connectivity index (χ4n) is 13.0. The number of phenolic OH excluding ortho intramolecular Hbond substituents is 1. The molecule has 0 spiro atoms. The summed E-state index contributed by atoms with van der Waals surface area (Å²) in [5, 5.41) is 220. The highest BCUT2D eigenvalue weighted by Gasteiger charge is 2.58. The summed E-state index contributed by atoms with van der Waals surface area (Å²) in [6.45, 7) is -2.19. The molecule has 42 nitrogen and oxygen atoms in total. The summed E-state index contributed by atoms with van der Waals surface area (Å²) in [6, 6.07) is 11.1. The van der Waals surface area contributed by atoms with E-state index < -0.39 is 235 Å². The van der Waals surface area contributed by atoms with E-state index in [0.29, 0.717) is 49.4 Å². The van der Waals surface area contributed by atoms with Gasteiger partial charge in [-0.05, 0) is 67.6 Å². The Kier molecular flexibility index (Phi) is 30.5. The quantitative estimate of drug-likeness (QED) is 0.0190. The van der Waals surface area contributed by atoms with Crippen molar-refractivity contribution in [3.8, 4) is 22.9 Å². The Bertz CT molecular complexity index is 3460. The number of nitrogens with zero attached hydrogens (tertiary/aromatic N) is 4. The van der Waals surface area contributed by atoms with Crippen molar-refractivity contribution in [2.75, 3.05) is 72.7 Å². The van der Waals surface area contributed by atoms with Gasteiger partial charge in [-0.1, -0.05) is 13.0 Å². The number of hydrogen-bond donors (Lipinski definition) is 21. The second-order valence-electron chi connectivity index (χ2n) is 26.3. The third-order valence-corrected chi connectivity index (χ3v) is 19.1. The van der Waals surface area contributed by atoms with Crippen LogP contribution in [0.25, 0.3) is 11.4 Å². The van der Waals surface area contributed by atoms with Crippen molar-refractivity contribution < 1.29 is 173 Å². The maximum absolute atomic E-state index is 13.2. The Morgan fingerprint density at radius 1 is 0.458 bits per heavy atom. The molecular weight excluding hydrogens is 1440 g/mol. The molecule has 107 heavy (non-hydrogen) atoms. The zero-order valence-corrected chi connectivity index (χ0v) is 57.7. The minimum atomic E-state index is -2.28. The van der Waals surface area contributed by atoms with Crippen LogP contribution in [0.2, 0.25) is 0 Å². The third-order valence-electron chi connectivity index (χ3n) is 19.1. The smallest absolute Gasteiger partial charge is 0.356 e. The number of aromatic hydroxyl groups is 1. The van der Waals surface area contributed by atoms with Crippen molar-refractivity contribution in [2.45, 2.75) is 230 Å². The van der Waals surface area contributed by atoms with Crippen LogP contribution >= 0.6 is 0 Å². The normalized spacial score (nSPS) is 37.8. The lowest BCUT2D eigenvalue weighted by Gasteiger charge is -2.50. The van der Waals surface area contributed by atoms with Gasteiger partial charge in [-0.25, -0.2) is 24.2 Å². The minimum Gasteiger partial charge on any atom is -0.506 e. The molecule has 10 rings (SSSR count). The molecule has 8 heterocycles. The van der Waals surface area contributed by atoms with Crippen LogP contribution in [0, 0.1) is 0 Å². The SMILES string of the molecule is CCc1ccc(O)c(-n2[nH]c(=O)n(-c3ccc(OCCOCCOCc4cn(CCCCCO[C@@H]5OC(CO)[C@@H](O)[C@H](O[C@@H]6OC(CO)[C@@H](O)[C@H](O[C@@H]7OC(CO)[C@@H](O)[C@H](O[C@@H]8OC(CO)[C@@H](O)[C@H](O[C@@H]9OC(CO)[C@@H](O)[C@H](O[C@@H]%10OC(CO)[C@@H](O)[C@H](O)C%10O)C9O)C8O)C7O)C6O)C5O)cn4)cc3)c2=O)c1. The summed E-state index contributed by atoms with van der Waals surface area (Å²) < 4.78 is 89.3. The maximum Gasteiger partial charge on any atom is 0.356 e. The number of phenols is 1. The number of rotatable bonds is 35. The molecule has 21 N–H and O–H groups in total. The van der Waals surface area contributed by atoms with Crippen molar-refractivity contribution in [3.05, 3.63) is 87.2 Å². The van der Waals surface area contributed by atoms with E-state index in [-0.39, 0.29) is 51.1 Å². The van der Waals surface area contributed by atoms with Gasteiger partial charge in [-0.15, -0.1) is 0 Å². The molecule has 0 amide bonds. The van der Waals surface area contributed by atoms with Gasteiger partial charge in [-0.3, -0.25) is 0 Å². The summed E-state index contributed by atoms with van der Waals surface area (Å²) in [5.41, 5.74) is 0.600. The van der Waals surface area contributed by atoms with E-state index in [0.717, 1.165) is 14.8 Å². The molecule has 4 aromatic rings. The molecule has 6 saturated heterocycles. The monoisotopic (exact) mass is 1540 g/mol. The van der Waals surface area contributed by atoms with E-state index in [1.807, 2.05) is 17.7 Å². The number of aromatic amines is 1. The van der Waals surface area contributed by atoms with Crippen LogP contribution in [0.1, 0.15) is 37.4 Å². The summed E-state index contributed by atoms with van der Waals surface area (Å²) in [6.07, 6.45) is -52.7. The van der Waals surface area contributed by atoms with Crippen LogP contribution in [0.5, 0.6) is 11.5 Å². The Labute approximate surface area is 608 Å². The van der Waals surface area contributed by atoms with Gasteiger partial charge in [-0.2, -0.15) is 4.68 Å². The van der Waals surface area contributed by atoms with E-state index >= 15 is 0 Å². The summed E-state index contributed by atoms with van der Waals surface area (Å²) in [4.78, 5) is 30.4. The molecule has 2 aromatic carbocycles. The van der Waals surface area contributed by atoms with Crippen LogP contribution < -0.4 is 16.1 Å². The zero-order valence-electron chi connectivity index (χ0n) is 57.7. The number of aliphatic hydroxyl groups is 19. The number of benzene rings is 2. The van der Waals surface area contributed by atoms with Crippen LogP contribution in [-0.4, -0.2) is 383 Å². The summed E-state index contributed by atoms with van der Waals surface area (Å²) in [7, 11) is 0. The fourth-order valence-corrected chi connectivity index (χ4v) is 13.0. The van der Waals surface area contributed by atoms with Gasteiger partial charge in [0, 0.05) is 19.3 Å². The largest absolute Gasteiger partial charge is 0.506 e. The molecule has 0 aliphatic carbocycles. The number of hydrogen-bond acceptors (Lipinski definition) is 38. The molecule has 0 bridgehead atoms. The molecule has 0 saturated carbocycles. The molecule has 0 radical (unpaired) electrons. The molecule has 6 fully saturated rings. The van der Waals surface area contributed by atoms with Gasteiger partial charge in [0.15, 0.2) is 37.7 Å². The number of H-pyrrole nitrogens is 1. The number of imidazole rings is 1. The first kappa shape index (κ1) is 84.1. The van der Waals surface area contributed by atoms with E-state index in [4.69, 9.17) is 71.1 Å². The Morgan fingerprint density at radius 3 is 1.34 bits per heavy atom. The van der Waals surface area contributed by atoms with E-state index in [2.05, 4.69) is 10.1 Å². The molecule has 42 heteroatoms. The lowest BCUT2D eigenvalue weighted by molar-refractivity contribution is -0.398. The summed E-state index contributed by atoms with van der Waals surface area (Å²) in [5.74, 6) is 0.309. The molecule has 30 atom stereocenters. The van der Waals surface area contributed by atoms with Crippen molar-refractivity contribution in [1.82, 2.24) is 23.9 Å². The average Bonchev–Trinajstić information content (AvgIpc) is 1.74. The van der Waals surface area contributed by atoms with Crippen molar-refractivity contribution in [2.24, 2.45) is 0 Å². The Morgan fingerprint density at radius 2 is 0.879 bits per heavy atom. The van der Waals surface area contributed by atoms with Gasteiger partial charge >= 0.3 is 11.4 Å². The van der Waals surface area contributed by atoms with Gasteiger partial charge < -0.3 is 178 Å². The van der Waals surface area contributed by atoms with Gasteiger partial charge in [0.25, 0.3) is 0 Å². The molecule has 6 aliphatic heterocycles. The van der Waals surface area contributed by atoms with Gasteiger partial charge in [0.05, 0.1) is 83.8 Å². The second kappa shape index (κ2) is 38.7. The number of unbranched alkanes of at least 4 members (excludes halogenated alkanes) is 2. The van der Waals surface area contributed by atoms with Crippen molar-refractivity contribution in [1.29, 1.82) is 0 Å². The molecule has 2 aromatic heterocycles. The lowest BCUT2D eigenvalue weighted by atomic mass is 9.95. The standard InChI is InChI=1S/C65H97N5O37/c1-2-28-6-11-33(77)32(18-28)70-65(92)69(64(91)67-70)30-7-9-31(10-8-30)95-17-16-93-14-15-94-26-29-19-68(27-66-29)12-4-3-5-13-96-58-48(86)53(41(79)35(21-72)97-58)104-60-50(88)55(43(81)37(23-74)99-60)106-62-52(90)57(45(83)39(25-76)101-62)107-63-51(89)56(44(82)38(24-75)102-63)105-61-49(87)54(42(80)36(22-73)100-61)103-59-47(85)46(84)40(78)34(20-71)98-59/h6-11,18-19,27,34-63,71-90H,2-5,12-17,20-26H2,1H3,(H,67,91)/t34?,35?,36?,37?,38?,39?,40-,41-,42-,43-,44-,45-,46+,47?,48?,49?,50?,51?,52?,53+,54+,55+,56+,57+,58-,59+,60+,61+,62+,63+/m1/s1. The average molecular weight is 1540 g/mol. The number of aryl methyl sites for hydroxylation is 2. The predicted octanol–water partition coefficient (Wildman–Crippen LogP) is -10.5. The maximum atomic E-state index is 13.2. The van der Waals surface area contributed by atoms with Crippen LogP contribution in [0.15, 0.2) is 64.6 Å². The number of aromatic nitrogens is 5. The predicted molar refractivity (Wildman–Crippen MR) is 348 cm³/mol. The van der Waals surface area contributed by atoms with Crippen LogP contribution in [0.3, 0.4) is 0 Å². The topological polar surface area (TPSA) is 621 Å². The Hall–Kier alpha value is -5.33. The fraction of sp³-hybridized carbons (Fsp3) is 0.738. The van der Waals surface area contributed by atoms with Gasteiger partial charge in [0.2, 0.25) is 0 Å². The Balaban J connectivity index is 0.664. The van der Waals surface area contributed by atoms with Crippen molar-refractivity contribution in [3.63, 3.8) is 0 Å². The minimum absolute atomic E-state index is 0.00879. The first-order valence-electron chi connectivity index (χ1n) is 34.9. The third kappa shape index (κ3) is 19.4. The number of aliphatic hydroxyl groups excluding tert-OH is 19. The zero-order chi connectivity index (χ0) is 77.1. The van der Waals surface area contributed by atoms with Crippen molar-refractivity contribution >= 4 is 0 Å².